The Hall–Kier alpha value is -2.17. The molecule has 0 spiro atoms. The van der Waals surface area contributed by atoms with Crippen molar-refractivity contribution in [2.75, 3.05) is 24.2 Å². The zero-order valence-electron chi connectivity index (χ0n) is 11.8. The highest BCUT2D eigenvalue weighted by Crippen LogP contribution is 2.19. The molecule has 0 radical (unpaired) electrons. The summed E-state index contributed by atoms with van der Waals surface area (Å²) in [5.41, 5.74) is 1.75. The number of hydrogen-bond acceptors (Lipinski definition) is 4. The maximum atomic E-state index is 13.5. The molecule has 0 saturated heterocycles. The SMILES string of the molecule is CCc1c(NC)ncnc1NCCc1ccccc1F. The van der Waals surface area contributed by atoms with Crippen LogP contribution in [0.1, 0.15) is 18.1 Å². The third-order valence-electron chi connectivity index (χ3n) is 3.18. The van der Waals surface area contributed by atoms with Crippen molar-refractivity contribution in [1.82, 2.24) is 9.97 Å². The quantitative estimate of drug-likeness (QED) is 0.850. The van der Waals surface area contributed by atoms with Gasteiger partial charge in [0, 0.05) is 19.2 Å². The number of nitrogens with zero attached hydrogens (tertiary/aromatic N) is 2. The van der Waals surface area contributed by atoms with Crippen molar-refractivity contribution in [3.8, 4) is 0 Å². The molecule has 2 aromatic rings. The van der Waals surface area contributed by atoms with E-state index in [0.717, 1.165) is 23.6 Å². The van der Waals surface area contributed by atoms with Gasteiger partial charge in [-0.2, -0.15) is 0 Å². The Bertz CT molecular complexity index is 572. The van der Waals surface area contributed by atoms with Gasteiger partial charge in [0.05, 0.1) is 0 Å². The molecule has 0 fully saturated rings. The predicted octanol–water partition coefficient (Wildman–Crippen LogP) is 2.87. The first-order valence-corrected chi connectivity index (χ1v) is 6.75. The van der Waals surface area contributed by atoms with Crippen LogP contribution in [0.3, 0.4) is 0 Å². The van der Waals surface area contributed by atoms with Crippen LogP contribution in [0.25, 0.3) is 0 Å². The monoisotopic (exact) mass is 274 g/mol. The van der Waals surface area contributed by atoms with Crippen molar-refractivity contribution in [2.45, 2.75) is 19.8 Å². The minimum Gasteiger partial charge on any atom is -0.373 e. The molecule has 0 aliphatic carbocycles. The average molecular weight is 274 g/mol. The highest BCUT2D eigenvalue weighted by molar-refractivity contribution is 5.57. The fraction of sp³-hybridized carbons (Fsp3) is 0.333. The number of aromatic nitrogens is 2. The smallest absolute Gasteiger partial charge is 0.134 e. The van der Waals surface area contributed by atoms with E-state index in [0.29, 0.717) is 18.5 Å². The number of hydrogen-bond donors (Lipinski definition) is 2. The zero-order chi connectivity index (χ0) is 14.4. The second-order valence-corrected chi connectivity index (χ2v) is 4.42. The molecule has 0 bridgehead atoms. The van der Waals surface area contributed by atoms with Crippen LogP contribution >= 0.6 is 0 Å². The van der Waals surface area contributed by atoms with E-state index in [1.807, 2.05) is 13.1 Å². The van der Waals surface area contributed by atoms with Crippen molar-refractivity contribution in [2.24, 2.45) is 0 Å². The standard InChI is InChI=1S/C15H19FN4/c1-3-12-14(17-2)19-10-20-15(12)18-9-8-11-6-4-5-7-13(11)16/h4-7,10H,3,8-9H2,1-2H3,(H2,17,18,19,20). The minimum absolute atomic E-state index is 0.163. The van der Waals surface area contributed by atoms with Crippen molar-refractivity contribution >= 4 is 11.6 Å². The number of anilines is 2. The van der Waals surface area contributed by atoms with Gasteiger partial charge in [-0.3, -0.25) is 0 Å². The Labute approximate surface area is 118 Å². The van der Waals surface area contributed by atoms with E-state index >= 15 is 0 Å². The van der Waals surface area contributed by atoms with Gasteiger partial charge in [-0.05, 0) is 24.5 Å². The zero-order valence-corrected chi connectivity index (χ0v) is 11.8. The average Bonchev–Trinajstić information content (AvgIpc) is 2.48. The molecule has 0 aliphatic rings. The van der Waals surface area contributed by atoms with Gasteiger partial charge in [0.15, 0.2) is 0 Å². The molecule has 0 aliphatic heterocycles. The molecular weight excluding hydrogens is 255 g/mol. The molecule has 1 aromatic heterocycles. The molecule has 20 heavy (non-hydrogen) atoms. The third kappa shape index (κ3) is 3.23. The van der Waals surface area contributed by atoms with Gasteiger partial charge in [-0.15, -0.1) is 0 Å². The van der Waals surface area contributed by atoms with Gasteiger partial charge in [-0.1, -0.05) is 25.1 Å². The van der Waals surface area contributed by atoms with Crippen molar-refractivity contribution in [3.63, 3.8) is 0 Å². The molecule has 5 heteroatoms. The molecule has 106 valence electrons. The second-order valence-electron chi connectivity index (χ2n) is 4.42. The van der Waals surface area contributed by atoms with E-state index in [1.54, 1.807) is 12.1 Å². The van der Waals surface area contributed by atoms with Crippen LogP contribution in [0.4, 0.5) is 16.0 Å². The van der Waals surface area contributed by atoms with Gasteiger partial charge in [0.2, 0.25) is 0 Å². The summed E-state index contributed by atoms with van der Waals surface area (Å²) in [6.07, 6.45) is 2.98. The summed E-state index contributed by atoms with van der Waals surface area (Å²) in [5.74, 6) is 1.47. The van der Waals surface area contributed by atoms with Crippen LogP contribution in [0.2, 0.25) is 0 Å². The first-order valence-electron chi connectivity index (χ1n) is 6.75. The van der Waals surface area contributed by atoms with E-state index in [9.17, 15) is 4.39 Å². The van der Waals surface area contributed by atoms with Gasteiger partial charge in [-0.25, -0.2) is 14.4 Å². The summed E-state index contributed by atoms with van der Waals surface area (Å²) in [7, 11) is 1.84. The fourth-order valence-electron chi connectivity index (χ4n) is 2.13. The molecule has 2 rings (SSSR count). The lowest BCUT2D eigenvalue weighted by atomic mass is 10.1. The second kappa shape index (κ2) is 6.84. The summed E-state index contributed by atoms with van der Waals surface area (Å²) in [4.78, 5) is 8.44. The maximum absolute atomic E-state index is 13.5. The summed E-state index contributed by atoms with van der Waals surface area (Å²) in [6, 6.07) is 6.83. The lowest BCUT2D eigenvalue weighted by molar-refractivity contribution is 0.610. The van der Waals surface area contributed by atoms with Crippen molar-refractivity contribution in [3.05, 3.63) is 47.5 Å². The van der Waals surface area contributed by atoms with Crippen LogP contribution in [-0.2, 0) is 12.8 Å². The van der Waals surface area contributed by atoms with E-state index in [-0.39, 0.29) is 5.82 Å². The van der Waals surface area contributed by atoms with Gasteiger partial charge in [0.25, 0.3) is 0 Å². The Morgan fingerprint density at radius 3 is 2.60 bits per heavy atom. The largest absolute Gasteiger partial charge is 0.373 e. The van der Waals surface area contributed by atoms with Crippen molar-refractivity contribution < 1.29 is 4.39 Å². The topological polar surface area (TPSA) is 49.8 Å². The Balaban J connectivity index is 2.03. The fourth-order valence-corrected chi connectivity index (χ4v) is 2.13. The highest BCUT2D eigenvalue weighted by atomic mass is 19.1. The molecular formula is C15H19FN4. The van der Waals surface area contributed by atoms with Crippen LogP contribution in [0.5, 0.6) is 0 Å². The summed E-state index contributed by atoms with van der Waals surface area (Å²) in [6.45, 7) is 2.69. The Kier molecular flexibility index (Phi) is 4.87. The van der Waals surface area contributed by atoms with E-state index in [2.05, 4.69) is 27.5 Å². The third-order valence-corrected chi connectivity index (χ3v) is 3.18. The van der Waals surface area contributed by atoms with Crippen LogP contribution in [0, 0.1) is 5.82 Å². The Morgan fingerprint density at radius 1 is 1.15 bits per heavy atom. The number of benzene rings is 1. The summed E-state index contributed by atoms with van der Waals surface area (Å²) < 4.78 is 13.5. The minimum atomic E-state index is -0.163. The summed E-state index contributed by atoms with van der Waals surface area (Å²) >= 11 is 0. The van der Waals surface area contributed by atoms with Crippen molar-refractivity contribution in [1.29, 1.82) is 0 Å². The number of nitrogens with one attached hydrogen (secondary N) is 2. The van der Waals surface area contributed by atoms with Gasteiger partial charge in [0.1, 0.15) is 23.8 Å². The lowest BCUT2D eigenvalue weighted by Gasteiger charge is -2.12. The predicted molar refractivity (Wildman–Crippen MR) is 79.6 cm³/mol. The molecule has 0 unspecified atom stereocenters. The van der Waals surface area contributed by atoms with Crippen LogP contribution in [-0.4, -0.2) is 23.6 Å². The molecule has 0 amide bonds. The van der Waals surface area contributed by atoms with Gasteiger partial charge >= 0.3 is 0 Å². The normalized spacial score (nSPS) is 10.3. The van der Waals surface area contributed by atoms with E-state index in [4.69, 9.17) is 0 Å². The van der Waals surface area contributed by atoms with E-state index in [1.165, 1.54) is 12.4 Å². The lowest BCUT2D eigenvalue weighted by Crippen LogP contribution is -2.11. The molecule has 4 nitrogen and oxygen atoms in total. The van der Waals surface area contributed by atoms with Crippen LogP contribution in [0.15, 0.2) is 30.6 Å². The number of halogens is 1. The molecule has 0 atom stereocenters. The highest BCUT2D eigenvalue weighted by Gasteiger charge is 2.08. The first kappa shape index (κ1) is 14.2. The van der Waals surface area contributed by atoms with Crippen LogP contribution < -0.4 is 10.6 Å². The molecule has 1 heterocycles. The molecule has 2 N–H and O–H groups in total. The maximum Gasteiger partial charge on any atom is 0.134 e. The molecule has 1 aromatic carbocycles. The van der Waals surface area contributed by atoms with E-state index < -0.39 is 0 Å². The Morgan fingerprint density at radius 2 is 1.90 bits per heavy atom. The first-order chi connectivity index (χ1) is 9.76. The van der Waals surface area contributed by atoms with Gasteiger partial charge < -0.3 is 10.6 Å². The number of rotatable bonds is 6. The molecule has 0 saturated carbocycles. The summed E-state index contributed by atoms with van der Waals surface area (Å²) in [5, 5.41) is 6.31.